The van der Waals surface area contributed by atoms with Crippen LogP contribution < -0.4 is 11.3 Å². The first-order valence-electron chi connectivity index (χ1n) is 6.34. The molecule has 0 saturated carbocycles. The zero-order valence-corrected chi connectivity index (χ0v) is 12.0. The fraction of sp³-hybridized carbons (Fsp3) is 0.417. The number of aromatic nitrogens is 2. The summed E-state index contributed by atoms with van der Waals surface area (Å²) in [5.74, 6) is 6.95. The van der Waals surface area contributed by atoms with Gasteiger partial charge in [-0.3, -0.25) is 9.69 Å². The number of hydrogen-bond acceptors (Lipinski definition) is 7. The molecule has 0 aromatic carbocycles. The molecule has 106 valence electrons. The number of nitrogens with zero attached hydrogens (tertiary/aromatic N) is 4. The summed E-state index contributed by atoms with van der Waals surface area (Å²) in [4.78, 5) is 25.4. The quantitative estimate of drug-likeness (QED) is 0.623. The highest BCUT2D eigenvalue weighted by Gasteiger charge is 2.22. The second-order valence-electron chi connectivity index (χ2n) is 4.80. The van der Waals surface area contributed by atoms with Crippen molar-refractivity contribution >= 4 is 33.3 Å². The normalized spacial score (nSPS) is 16.9. The van der Waals surface area contributed by atoms with E-state index in [2.05, 4.69) is 20.3 Å². The average molecular weight is 292 g/mol. The highest BCUT2D eigenvalue weighted by atomic mass is 32.1. The number of amides is 1. The van der Waals surface area contributed by atoms with Gasteiger partial charge in [0.1, 0.15) is 10.7 Å². The number of likely N-dealkylation sites (N-methyl/N-ethyl adjacent to an activating group) is 1. The predicted octanol–water partition coefficient (Wildman–Crippen LogP) is 0.251. The van der Waals surface area contributed by atoms with E-state index in [0.29, 0.717) is 24.7 Å². The smallest absolute Gasteiger partial charge is 0.236 e. The second-order valence-corrected chi connectivity index (χ2v) is 5.69. The number of carbonyl (C=O) groups excluding carboxylic acids is 1. The molecule has 1 aliphatic rings. The molecule has 1 amide bonds. The fourth-order valence-corrected chi connectivity index (χ4v) is 3.01. The zero-order valence-electron chi connectivity index (χ0n) is 11.2. The van der Waals surface area contributed by atoms with Crippen molar-refractivity contribution in [2.75, 3.05) is 32.1 Å². The van der Waals surface area contributed by atoms with Crippen LogP contribution >= 0.6 is 11.3 Å². The Morgan fingerprint density at radius 2 is 2.30 bits per heavy atom. The molecule has 0 spiro atoms. The van der Waals surface area contributed by atoms with Gasteiger partial charge in [0.05, 0.1) is 18.5 Å². The van der Waals surface area contributed by atoms with Crippen molar-refractivity contribution in [2.24, 2.45) is 5.84 Å². The topological polar surface area (TPSA) is 87.4 Å². The second kappa shape index (κ2) is 5.31. The lowest BCUT2D eigenvalue weighted by Gasteiger charge is -2.31. The van der Waals surface area contributed by atoms with Gasteiger partial charge in [-0.1, -0.05) is 0 Å². The SMILES string of the molecule is CN1CCN(Cc2nc(NN)c3ccsc3n2)CC1=O. The van der Waals surface area contributed by atoms with E-state index in [-0.39, 0.29) is 5.91 Å². The van der Waals surface area contributed by atoms with Crippen molar-refractivity contribution in [3.63, 3.8) is 0 Å². The van der Waals surface area contributed by atoms with Crippen molar-refractivity contribution in [2.45, 2.75) is 6.54 Å². The summed E-state index contributed by atoms with van der Waals surface area (Å²) < 4.78 is 0. The molecule has 1 aliphatic heterocycles. The first kappa shape index (κ1) is 13.2. The predicted molar refractivity (Wildman–Crippen MR) is 78.1 cm³/mol. The number of piperazine rings is 1. The highest BCUT2D eigenvalue weighted by Crippen LogP contribution is 2.24. The van der Waals surface area contributed by atoms with Gasteiger partial charge >= 0.3 is 0 Å². The van der Waals surface area contributed by atoms with Crippen LogP contribution in [0.1, 0.15) is 5.82 Å². The van der Waals surface area contributed by atoms with Gasteiger partial charge in [0.15, 0.2) is 5.82 Å². The van der Waals surface area contributed by atoms with E-state index < -0.39 is 0 Å². The molecule has 1 fully saturated rings. The molecular weight excluding hydrogens is 276 g/mol. The van der Waals surface area contributed by atoms with Crippen LogP contribution in [0, 0.1) is 0 Å². The Morgan fingerprint density at radius 3 is 3.05 bits per heavy atom. The van der Waals surface area contributed by atoms with E-state index >= 15 is 0 Å². The van der Waals surface area contributed by atoms with Crippen LogP contribution in [0.3, 0.4) is 0 Å². The molecule has 0 atom stereocenters. The van der Waals surface area contributed by atoms with Gasteiger partial charge in [-0.05, 0) is 11.4 Å². The van der Waals surface area contributed by atoms with Crippen LogP contribution in [-0.2, 0) is 11.3 Å². The van der Waals surface area contributed by atoms with Gasteiger partial charge in [0, 0.05) is 20.1 Å². The molecule has 0 bridgehead atoms. The van der Waals surface area contributed by atoms with Crippen molar-refractivity contribution in [1.29, 1.82) is 0 Å². The molecule has 0 aliphatic carbocycles. The third-order valence-electron chi connectivity index (χ3n) is 3.41. The first-order chi connectivity index (χ1) is 9.67. The number of nitrogens with two attached hydrogens (primary N) is 1. The Bertz CT molecular complexity index is 642. The first-order valence-corrected chi connectivity index (χ1v) is 7.22. The number of nitrogen functional groups attached to an aromatic ring is 1. The minimum absolute atomic E-state index is 0.130. The number of hydrogen-bond donors (Lipinski definition) is 2. The van der Waals surface area contributed by atoms with Gasteiger partial charge in [0.25, 0.3) is 0 Å². The highest BCUT2D eigenvalue weighted by molar-refractivity contribution is 7.16. The molecule has 3 N–H and O–H groups in total. The van der Waals surface area contributed by atoms with Crippen LogP contribution in [-0.4, -0.2) is 52.4 Å². The number of thiophene rings is 1. The molecule has 8 heteroatoms. The van der Waals surface area contributed by atoms with E-state index in [1.165, 1.54) is 0 Å². The van der Waals surface area contributed by atoms with Crippen LogP contribution in [0.4, 0.5) is 5.82 Å². The van der Waals surface area contributed by atoms with E-state index in [1.807, 2.05) is 18.5 Å². The summed E-state index contributed by atoms with van der Waals surface area (Å²) in [7, 11) is 1.82. The molecule has 1 saturated heterocycles. The van der Waals surface area contributed by atoms with Gasteiger partial charge in [-0.2, -0.15) is 0 Å². The van der Waals surface area contributed by atoms with Crippen molar-refractivity contribution in [1.82, 2.24) is 19.8 Å². The lowest BCUT2D eigenvalue weighted by atomic mass is 10.3. The van der Waals surface area contributed by atoms with Gasteiger partial charge < -0.3 is 10.3 Å². The number of fused-ring (bicyclic) bond motifs is 1. The maximum Gasteiger partial charge on any atom is 0.236 e. The minimum atomic E-state index is 0.130. The van der Waals surface area contributed by atoms with E-state index in [9.17, 15) is 4.79 Å². The molecule has 2 aromatic rings. The van der Waals surface area contributed by atoms with Crippen molar-refractivity contribution in [3.8, 4) is 0 Å². The number of nitrogens with one attached hydrogen (secondary N) is 1. The van der Waals surface area contributed by atoms with Gasteiger partial charge in [-0.25, -0.2) is 15.8 Å². The third-order valence-corrected chi connectivity index (χ3v) is 4.22. The monoisotopic (exact) mass is 292 g/mol. The number of rotatable bonds is 3. The third kappa shape index (κ3) is 2.45. The van der Waals surface area contributed by atoms with Gasteiger partial charge in [0.2, 0.25) is 5.91 Å². The Labute approximate surface area is 120 Å². The van der Waals surface area contributed by atoms with E-state index in [4.69, 9.17) is 5.84 Å². The van der Waals surface area contributed by atoms with Gasteiger partial charge in [-0.15, -0.1) is 11.3 Å². The number of hydrazine groups is 1. The molecule has 2 aromatic heterocycles. The van der Waals surface area contributed by atoms with Crippen LogP contribution in [0.2, 0.25) is 0 Å². The molecule has 0 radical (unpaired) electrons. The standard InChI is InChI=1S/C12H16N6OS/c1-17-3-4-18(7-10(17)19)6-9-14-11(16-13)8-2-5-20-12(8)15-9/h2,5H,3-4,6-7,13H2,1H3,(H,14,15,16). The summed E-state index contributed by atoms with van der Waals surface area (Å²) in [6.07, 6.45) is 0. The van der Waals surface area contributed by atoms with E-state index in [0.717, 1.165) is 23.3 Å². The van der Waals surface area contributed by atoms with Crippen LogP contribution in [0.15, 0.2) is 11.4 Å². The summed E-state index contributed by atoms with van der Waals surface area (Å²) in [5, 5.41) is 2.89. The lowest BCUT2D eigenvalue weighted by Crippen LogP contribution is -2.48. The number of anilines is 1. The Balaban J connectivity index is 1.82. The largest absolute Gasteiger partial charge is 0.343 e. The summed E-state index contributed by atoms with van der Waals surface area (Å²) >= 11 is 1.55. The molecule has 3 rings (SSSR count). The molecule has 20 heavy (non-hydrogen) atoms. The zero-order chi connectivity index (χ0) is 14.1. The molecule has 3 heterocycles. The summed E-state index contributed by atoms with van der Waals surface area (Å²) in [6, 6.07) is 1.94. The maximum absolute atomic E-state index is 11.7. The van der Waals surface area contributed by atoms with Crippen molar-refractivity contribution in [3.05, 3.63) is 17.3 Å². The minimum Gasteiger partial charge on any atom is -0.343 e. The molecular formula is C12H16N6OS. The van der Waals surface area contributed by atoms with Crippen LogP contribution in [0.5, 0.6) is 0 Å². The molecule has 0 unspecified atom stereocenters. The summed E-state index contributed by atoms with van der Waals surface area (Å²) in [6.45, 7) is 2.54. The Morgan fingerprint density at radius 1 is 1.45 bits per heavy atom. The Kier molecular flexibility index (Phi) is 3.51. The summed E-state index contributed by atoms with van der Waals surface area (Å²) in [5.41, 5.74) is 2.61. The average Bonchev–Trinajstić information content (AvgIpc) is 2.90. The molecule has 7 nitrogen and oxygen atoms in total. The maximum atomic E-state index is 11.7. The Hall–Kier alpha value is -1.77. The van der Waals surface area contributed by atoms with Crippen molar-refractivity contribution < 1.29 is 4.79 Å². The van der Waals surface area contributed by atoms with Crippen LogP contribution in [0.25, 0.3) is 10.2 Å². The van der Waals surface area contributed by atoms with E-state index in [1.54, 1.807) is 16.2 Å². The number of carbonyl (C=O) groups is 1. The fourth-order valence-electron chi connectivity index (χ4n) is 2.22. The lowest BCUT2D eigenvalue weighted by molar-refractivity contribution is -0.134.